The topological polar surface area (TPSA) is 12.4 Å². The second-order valence-electron chi connectivity index (χ2n) is 3.00. The number of hydrogen-bond acceptors (Lipinski definition) is 1. The highest BCUT2D eigenvalue weighted by Gasteiger charge is 1.99. The third kappa shape index (κ3) is 2.43. The maximum atomic E-state index is 4.31. The van der Waals surface area contributed by atoms with Gasteiger partial charge in [-0.2, -0.15) is 0 Å². The van der Waals surface area contributed by atoms with Crippen LogP contribution in [0, 0.1) is 6.92 Å². The number of benzene rings is 1. The molecule has 1 heteroatoms. The Morgan fingerprint density at radius 2 is 2.07 bits per heavy atom. The van der Waals surface area contributed by atoms with Gasteiger partial charge in [0.05, 0.1) is 5.70 Å². The van der Waals surface area contributed by atoms with Gasteiger partial charge in [0.2, 0.25) is 0 Å². The molecule has 1 nitrogen and oxygen atoms in total. The van der Waals surface area contributed by atoms with Crippen molar-refractivity contribution in [1.29, 1.82) is 0 Å². The fourth-order valence-corrected chi connectivity index (χ4v) is 1.29. The van der Waals surface area contributed by atoms with Crippen LogP contribution in [-0.2, 0) is 0 Å². The first-order chi connectivity index (χ1) is 6.79. The summed E-state index contributed by atoms with van der Waals surface area (Å²) in [6, 6.07) is 8.21. The molecule has 0 atom stereocenters. The van der Waals surface area contributed by atoms with Crippen molar-refractivity contribution in [3.8, 4) is 0 Å². The molecular formula is C13H15N. The van der Waals surface area contributed by atoms with Crippen LogP contribution < -0.4 is 0 Å². The van der Waals surface area contributed by atoms with Gasteiger partial charge in [0, 0.05) is 11.8 Å². The predicted octanol–water partition coefficient (Wildman–Crippen LogP) is 3.61. The van der Waals surface area contributed by atoms with Crippen molar-refractivity contribution in [2.24, 2.45) is 4.99 Å². The lowest BCUT2D eigenvalue weighted by Crippen LogP contribution is -1.85. The molecule has 0 unspecified atom stereocenters. The summed E-state index contributed by atoms with van der Waals surface area (Å²) in [6.07, 6.45) is 5.39. The summed E-state index contributed by atoms with van der Waals surface area (Å²) in [4.78, 5) is 4.31. The maximum Gasteiger partial charge on any atom is 0.0661 e. The molecule has 72 valence electrons. The van der Waals surface area contributed by atoms with Crippen molar-refractivity contribution in [2.75, 3.05) is 0 Å². The minimum absolute atomic E-state index is 0.989. The Bertz CT molecular complexity index is 373. The van der Waals surface area contributed by atoms with Gasteiger partial charge in [0.25, 0.3) is 0 Å². The number of nitrogens with zero attached hydrogens (tertiary/aromatic N) is 1. The fourth-order valence-electron chi connectivity index (χ4n) is 1.29. The minimum atomic E-state index is 0.989. The van der Waals surface area contributed by atoms with Gasteiger partial charge in [0.15, 0.2) is 0 Å². The zero-order valence-corrected chi connectivity index (χ0v) is 8.70. The van der Waals surface area contributed by atoms with Gasteiger partial charge in [-0.05, 0) is 19.4 Å². The Morgan fingerprint density at radius 1 is 1.36 bits per heavy atom. The predicted molar refractivity (Wildman–Crippen MR) is 63.5 cm³/mol. The molecule has 0 spiro atoms. The van der Waals surface area contributed by atoms with Crippen LogP contribution in [-0.4, -0.2) is 6.21 Å². The van der Waals surface area contributed by atoms with Gasteiger partial charge in [-0.25, -0.2) is 0 Å². The van der Waals surface area contributed by atoms with Crippen LogP contribution in [0.4, 0.5) is 0 Å². The molecular weight excluding hydrogens is 170 g/mol. The molecule has 1 aromatic rings. The monoisotopic (exact) mass is 185 g/mol. The van der Waals surface area contributed by atoms with Gasteiger partial charge in [-0.1, -0.05) is 43.0 Å². The molecule has 0 saturated heterocycles. The van der Waals surface area contributed by atoms with E-state index in [0.29, 0.717) is 0 Å². The summed E-state index contributed by atoms with van der Waals surface area (Å²) in [6.45, 7) is 7.68. The smallest absolute Gasteiger partial charge is 0.0661 e. The van der Waals surface area contributed by atoms with Crippen LogP contribution in [0.5, 0.6) is 0 Å². The first kappa shape index (κ1) is 10.5. The maximum absolute atomic E-state index is 4.31. The quantitative estimate of drug-likeness (QED) is 0.638. The van der Waals surface area contributed by atoms with Crippen molar-refractivity contribution >= 4 is 11.9 Å². The van der Waals surface area contributed by atoms with E-state index in [1.165, 1.54) is 11.1 Å². The number of allylic oxidation sites excluding steroid dienone is 2. The highest BCUT2D eigenvalue weighted by atomic mass is 14.7. The second-order valence-corrected chi connectivity index (χ2v) is 3.00. The largest absolute Gasteiger partial charge is 0.257 e. The van der Waals surface area contributed by atoms with Crippen LogP contribution >= 0.6 is 0 Å². The molecule has 0 aliphatic carbocycles. The first-order valence-electron chi connectivity index (χ1n) is 4.67. The molecule has 0 radical (unpaired) electrons. The molecule has 0 fully saturated rings. The highest BCUT2D eigenvalue weighted by molar-refractivity contribution is 5.80. The number of hydrogen-bond donors (Lipinski definition) is 0. The minimum Gasteiger partial charge on any atom is -0.257 e. The van der Waals surface area contributed by atoms with Gasteiger partial charge in [-0.15, -0.1) is 0 Å². The van der Waals surface area contributed by atoms with E-state index in [1.807, 2.05) is 25.1 Å². The third-order valence-corrected chi connectivity index (χ3v) is 2.01. The molecule has 0 aliphatic heterocycles. The van der Waals surface area contributed by atoms with Crippen molar-refractivity contribution in [1.82, 2.24) is 0 Å². The summed E-state index contributed by atoms with van der Waals surface area (Å²) >= 11 is 0. The van der Waals surface area contributed by atoms with Crippen LogP contribution in [0.2, 0.25) is 0 Å². The van der Waals surface area contributed by atoms with Crippen LogP contribution in [0.1, 0.15) is 18.1 Å². The number of aryl methyl sites for hydroxylation is 1. The first-order valence-corrected chi connectivity index (χ1v) is 4.67. The summed E-state index contributed by atoms with van der Waals surface area (Å²) < 4.78 is 0. The standard InChI is InChI=1S/C13H15N/c1-4-10-14-13(5-2)12-9-7-6-8-11(12)3/h4-10H,1H2,2-3H3/b13-5-,14-10?. The van der Waals surface area contributed by atoms with Crippen molar-refractivity contribution in [2.45, 2.75) is 13.8 Å². The number of rotatable bonds is 3. The Labute approximate surface area is 85.5 Å². The molecule has 1 aromatic carbocycles. The Kier molecular flexibility index (Phi) is 3.86. The zero-order chi connectivity index (χ0) is 10.4. The van der Waals surface area contributed by atoms with E-state index in [1.54, 1.807) is 12.3 Å². The zero-order valence-electron chi connectivity index (χ0n) is 8.70. The second kappa shape index (κ2) is 5.18. The SMILES string of the molecule is C=CC=N/C(=C\C)c1ccccc1C. The van der Waals surface area contributed by atoms with E-state index in [4.69, 9.17) is 0 Å². The average Bonchev–Trinajstić information content (AvgIpc) is 2.21. The van der Waals surface area contributed by atoms with E-state index in [0.717, 1.165) is 5.70 Å². The Hall–Kier alpha value is -1.63. The highest BCUT2D eigenvalue weighted by Crippen LogP contribution is 2.19. The average molecular weight is 185 g/mol. The fraction of sp³-hybridized carbons (Fsp3) is 0.154. The van der Waals surface area contributed by atoms with Crippen molar-refractivity contribution in [3.63, 3.8) is 0 Å². The normalized spacial score (nSPS) is 12.0. The molecule has 0 aliphatic rings. The van der Waals surface area contributed by atoms with E-state index < -0.39 is 0 Å². The molecule has 0 saturated carbocycles. The van der Waals surface area contributed by atoms with E-state index in [2.05, 4.69) is 30.6 Å². The summed E-state index contributed by atoms with van der Waals surface area (Å²) in [7, 11) is 0. The van der Waals surface area contributed by atoms with Crippen LogP contribution in [0.15, 0.2) is 48.0 Å². The Morgan fingerprint density at radius 3 is 2.64 bits per heavy atom. The molecule has 0 aromatic heterocycles. The van der Waals surface area contributed by atoms with E-state index >= 15 is 0 Å². The lowest BCUT2D eigenvalue weighted by Gasteiger charge is -2.04. The van der Waals surface area contributed by atoms with Gasteiger partial charge < -0.3 is 0 Å². The van der Waals surface area contributed by atoms with Crippen molar-refractivity contribution < 1.29 is 0 Å². The molecule has 0 N–H and O–H groups in total. The molecule has 0 amide bonds. The van der Waals surface area contributed by atoms with Crippen LogP contribution in [0.3, 0.4) is 0 Å². The molecule has 0 heterocycles. The Balaban J connectivity index is 3.08. The molecule has 0 bridgehead atoms. The molecule has 14 heavy (non-hydrogen) atoms. The third-order valence-electron chi connectivity index (χ3n) is 2.01. The van der Waals surface area contributed by atoms with Gasteiger partial charge in [0.1, 0.15) is 0 Å². The van der Waals surface area contributed by atoms with Crippen molar-refractivity contribution in [3.05, 3.63) is 54.1 Å². The summed E-state index contributed by atoms with van der Waals surface area (Å²) in [5.41, 5.74) is 3.40. The summed E-state index contributed by atoms with van der Waals surface area (Å²) in [5.74, 6) is 0. The van der Waals surface area contributed by atoms with E-state index in [-0.39, 0.29) is 0 Å². The van der Waals surface area contributed by atoms with Gasteiger partial charge >= 0.3 is 0 Å². The van der Waals surface area contributed by atoms with E-state index in [9.17, 15) is 0 Å². The van der Waals surface area contributed by atoms with Crippen LogP contribution in [0.25, 0.3) is 5.70 Å². The lowest BCUT2D eigenvalue weighted by molar-refractivity contribution is 1.38. The molecule has 1 rings (SSSR count). The van der Waals surface area contributed by atoms with Gasteiger partial charge in [-0.3, -0.25) is 4.99 Å². The lowest BCUT2D eigenvalue weighted by atomic mass is 10.1. The summed E-state index contributed by atoms with van der Waals surface area (Å²) in [5, 5.41) is 0. The number of aliphatic imine (C=N–C) groups is 1.